The van der Waals surface area contributed by atoms with Crippen molar-refractivity contribution in [3.63, 3.8) is 0 Å². The number of imidazole rings is 1. The summed E-state index contributed by atoms with van der Waals surface area (Å²) in [6.07, 6.45) is 0.914. The smallest absolute Gasteiger partial charge is 0.323 e. The molecular weight excluding hydrogens is 434 g/mol. The van der Waals surface area contributed by atoms with E-state index in [0.29, 0.717) is 11.0 Å². The van der Waals surface area contributed by atoms with Gasteiger partial charge in [0.25, 0.3) is 15.9 Å². The first-order valence-corrected chi connectivity index (χ1v) is 11.6. The predicted molar refractivity (Wildman–Crippen MR) is 121 cm³/mol. The fourth-order valence-electron chi connectivity index (χ4n) is 2.99. The highest BCUT2D eigenvalue weighted by atomic mass is 32.2. The van der Waals surface area contributed by atoms with Gasteiger partial charge in [-0.2, -0.15) is 0 Å². The number of sulfonamides is 1. The predicted octanol–water partition coefficient (Wildman–Crippen LogP) is 1.69. The normalized spacial score (nSPS) is 12.3. The molecule has 32 heavy (non-hydrogen) atoms. The van der Waals surface area contributed by atoms with E-state index >= 15 is 0 Å². The van der Waals surface area contributed by atoms with Crippen molar-refractivity contribution < 1.29 is 18.0 Å². The average molecular weight is 460 g/mol. The number of para-hydroxylation sites is 1. The summed E-state index contributed by atoms with van der Waals surface area (Å²) < 4.78 is 28.1. The van der Waals surface area contributed by atoms with Crippen molar-refractivity contribution in [2.45, 2.75) is 37.6 Å². The van der Waals surface area contributed by atoms with Crippen LogP contribution in [0.5, 0.6) is 0 Å². The molecule has 170 valence electrons. The van der Waals surface area contributed by atoms with E-state index in [4.69, 9.17) is 0 Å². The third-order valence-electron chi connectivity index (χ3n) is 4.87. The second-order valence-electron chi connectivity index (χ2n) is 7.32. The van der Waals surface area contributed by atoms with Crippen molar-refractivity contribution in [2.75, 3.05) is 11.3 Å². The second-order valence-corrected chi connectivity index (χ2v) is 9.00. The molecule has 0 spiro atoms. The van der Waals surface area contributed by atoms with Gasteiger partial charge in [0.15, 0.2) is 0 Å². The van der Waals surface area contributed by atoms with Gasteiger partial charge in [0.2, 0.25) is 5.91 Å². The van der Waals surface area contributed by atoms with Gasteiger partial charge in [-0.15, -0.1) is 0 Å². The topological polar surface area (TPSA) is 153 Å². The second kappa shape index (κ2) is 9.69. The van der Waals surface area contributed by atoms with Crippen LogP contribution in [-0.2, 0) is 14.8 Å². The Labute approximate surface area is 184 Å². The summed E-state index contributed by atoms with van der Waals surface area (Å²) in [7, 11) is -4.03. The Balaban J connectivity index is 1.71. The molecule has 3 aromatic rings. The van der Waals surface area contributed by atoms with Crippen LogP contribution in [0.4, 0.5) is 5.69 Å². The van der Waals surface area contributed by atoms with E-state index in [1.165, 1.54) is 30.3 Å². The molecule has 0 aliphatic heterocycles. The van der Waals surface area contributed by atoms with Gasteiger partial charge >= 0.3 is 5.69 Å². The van der Waals surface area contributed by atoms with Crippen LogP contribution >= 0.6 is 0 Å². The number of carbonyl (C=O) groups excluding carboxylic acids is 2. The van der Waals surface area contributed by atoms with Crippen LogP contribution in [0, 0.1) is 0 Å². The molecule has 1 heterocycles. The number of aromatic amines is 2. The number of carbonyl (C=O) groups is 2. The third kappa shape index (κ3) is 5.55. The Bertz CT molecular complexity index is 1300. The number of fused-ring (bicyclic) bond motifs is 1. The van der Waals surface area contributed by atoms with E-state index < -0.39 is 21.6 Å². The van der Waals surface area contributed by atoms with Crippen molar-refractivity contribution in [3.05, 3.63) is 58.5 Å². The van der Waals surface area contributed by atoms with E-state index in [1.807, 2.05) is 13.8 Å². The molecule has 5 N–H and O–H groups in total. The summed E-state index contributed by atoms with van der Waals surface area (Å²) in [5.41, 5.74) is 0.597. The number of rotatable bonds is 9. The van der Waals surface area contributed by atoms with Crippen molar-refractivity contribution in [2.24, 2.45) is 0 Å². The minimum absolute atomic E-state index is 0.0525. The molecule has 1 aromatic heterocycles. The molecule has 2 aromatic carbocycles. The number of amides is 2. The largest absolute Gasteiger partial charge is 0.354 e. The SMILES string of the molecule is CCC(C)NC(=O)CCNC(=O)c1ccccc1NS(=O)(=O)c1ccc2[nH]c(=O)[nH]c2c1. The van der Waals surface area contributed by atoms with E-state index in [-0.39, 0.29) is 41.1 Å². The van der Waals surface area contributed by atoms with Gasteiger partial charge in [-0.05, 0) is 43.7 Å². The van der Waals surface area contributed by atoms with E-state index in [1.54, 1.807) is 12.1 Å². The minimum Gasteiger partial charge on any atom is -0.354 e. The lowest BCUT2D eigenvalue weighted by Crippen LogP contribution is -2.35. The average Bonchev–Trinajstić information content (AvgIpc) is 3.12. The molecule has 0 radical (unpaired) electrons. The summed E-state index contributed by atoms with van der Waals surface area (Å²) in [4.78, 5) is 40.9. The van der Waals surface area contributed by atoms with Crippen molar-refractivity contribution >= 4 is 38.6 Å². The van der Waals surface area contributed by atoms with Crippen molar-refractivity contribution in [1.29, 1.82) is 0 Å². The highest BCUT2D eigenvalue weighted by Crippen LogP contribution is 2.22. The first kappa shape index (κ1) is 23.1. The molecule has 0 aliphatic rings. The zero-order valence-electron chi connectivity index (χ0n) is 17.7. The van der Waals surface area contributed by atoms with Crippen LogP contribution in [0.2, 0.25) is 0 Å². The molecule has 3 rings (SSSR count). The van der Waals surface area contributed by atoms with E-state index in [0.717, 1.165) is 6.42 Å². The van der Waals surface area contributed by atoms with Gasteiger partial charge in [0.1, 0.15) is 0 Å². The fraction of sp³-hybridized carbons (Fsp3) is 0.286. The van der Waals surface area contributed by atoms with Gasteiger partial charge in [-0.25, -0.2) is 13.2 Å². The van der Waals surface area contributed by atoms with Crippen LogP contribution < -0.4 is 21.0 Å². The molecule has 1 atom stereocenters. The van der Waals surface area contributed by atoms with Crippen LogP contribution in [0.1, 0.15) is 37.0 Å². The van der Waals surface area contributed by atoms with Gasteiger partial charge < -0.3 is 20.6 Å². The molecule has 2 amide bonds. The van der Waals surface area contributed by atoms with Crippen molar-refractivity contribution in [3.8, 4) is 0 Å². The third-order valence-corrected chi connectivity index (χ3v) is 6.23. The summed E-state index contributed by atoms with van der Waals surface area (Å²) >= 11 is 0. The van der Waals surface area contributed by atoms with Gasteiger partial charge in [-0.3, -0.25) is 14.3 Å². The van der Waals surface area contributed by atoms with Crippen LogP contribution in [0.3, 0.4) is 0 Å². The first-order chi connectivity index (χ1) is 15.2. The lowest BCUT2D eigenvalue weighted by Gasteiger charge is -2.14. The zero-order chi connectivity index (χ0) is 23.3. The number of hydrogen-bond donors (Lipinski definition) is 5. The van der Waals surface area contributed by atoms with Gasteiger partial charge in [0.05, 0.1) is 27.2 Å². The number of H-pyrrole nitrogens is 2. The van der Waals surface area contributed by atoms with E-state index in [2.05, 4.69) is 25.3 Å². The maximum atomic E-state index is 12.9. The van der Waals surface area contributed by atoms with Crippen LogP contribution in [0.25, 0.3) is 11.0 Å². The molecule has 0 bridgehead atoms. The Hall–Kier alpha value is -3.60. The van der Waals surface area contributed by atoms with Crippen molar-refractivity contribution in [1.82, 2.24) is 20.6 Å². The van der Waals surface area contributed by atoms with Crippen LogP contribution in [0.15, 0.2) is 52.2 Å². The number of hydrogen-bond acceptors (Lipinski definition) is 5. The molecule has 0 saturated heterocycles. The monoisotopic (exact) mass is 459 g/mol. The molecule has 0 fully saturated rings. The molecule has 0 saturated carbocycles. The fourth-order valence-corrected chi connectivity index (χ4v) is 4.09. The van der Waals surface area contributed by atoms with Gasteiger partial charge in [0, 0.05) is 19.0 Å². The quantitative estimate of drug-likeness (QED) is 0.330. The number of aromatic nitrogens is 2. The molecule has 10 nitrogen and oxygen atoms in total. The van der Waals surface area contributed by atoms with Gasteiger partial charge in [-0.1, -0.05) is 19.1 Å². The minimum atomic E-state index is -4.03. The molecule has 1 unspecified atom stereocenters. The highest BCUT2D eigenvalue weighted by Gasteiger charge is 2.19. The Kier molecular flexibility index (Phi) is 6.98. The lowest BCUT2D eigenvalue weighted by atomic mass is 10.1. The maximum Gasteiger partial charge on any atom is 0.323 e. The Morgan fingerprint density at radius 2 is 1.78 bits per heavy atom. The number of anilines is 1. The Morgan fingerprint density at radius 1 is 1.06 bits per heavy atom. The van der Waals surface area contributed by atoms with Crippen LogP contribution in [-0.4, -0.2) is 42.8 Å². The Morgan fingerprint density at radius 3 is 2.53 bits per heavy atom. The highest BCUT2D eigenvalue weighted by molar-refractivity contribution is 7.92. The summed E-state index contributed by atoms with van der Waals surface area (Å²) in [6.45, 7) is 3.96. The zero-order valence-corrected chi connectivity index (χ0v) is 18.5. The number of nitrogens with one attached hydrogen (secondary N) is 5. The summed E-state index contributed by atoms with van der Waals surface area (Å²) in [5.74, 6) is -0.683. The van der Waals surface area contributed by atoms with E-state index in [9.17, 15) is 22.8 Å². The molecule has 0 aliphatic carbocycles. The maximum absolute atomic E-state index is 12.9. The molecular formula is C21H25N5O5S. The molecule has 11 heteroatoms. The standard InChI is InChI=1S/C21H25N5O5S/c1-3-13(2)23-19(27)10-11-22-20(28)15-6-4-5-7-16(15)26-32(30,31)14-8-9-17-18(12-14)25-21(29)24-17/h4-9,12-13,26H,3,10-11H2,1-2H3,(H,22,28)(H,23,27)(H2,24,25,29). The first-order valence-electron chi connectivity index (χ1n) is 10.1. The summed E-state index contributed by atoms with van der Waals surface area (Å²) in [5, 5.41) is 5.45. The lowest BCUT2D eigenvalue weighted by molar-refractivity contribution is -0.121. The summed E-state index contributed by atoms with van der Waals surface area (Å²) in [6, 6.07) is 10.4. The number of benzene rings is 2.